The summed E-state index contributed by atoms with van der Waals surface area (Å²) < 4.78 is 19.5. The number of para-hydroxylation sites is 1. The van der Waals surface area contributed by atoms with Crippen molar-refractivity contribution < 1.29 is 18.7 Å². The topological polar surface area (TPSA) is 65.6 Å². The van der Waals surface area contributed by atoms with E-state index in [9.17, 15) is 14.0 Å². The predicted octanol–water partition coefficient (Wildman–Crippen LogP) is 5.06. The molecule has 0 unspecified atom stereocenters. The molecule has 6 nitrogen and oxygen atoms in total. The molecule has 2 amide bonds. The molecule has 37 heavy (non-hydrogen) atoms. The molecule has 0 atom stereocenters. The highest BCUT2D eigenvalue weighted by molar-refractivity contribution is 5.96. The maximum absolute atomic E-state index is 14.4. The summed E-state index contributed by atoms with van der Waals surface area (Å²) in [6.07, 6.45) is 3.18. The smallest absolute Gasteiger partial charge is 0.257 e. The van der Waals surface area contributed by atoms with Gasteiger partial charge in [-0.05, 0) is 42.2 Å². The second-order valence-corrected chi connectivity index (χ2v) is 8.96. The summed E-state index contributed by atoms with van der Waals surface area (Å²) in [5.74, 6) is -1.29. The molecular formula is C30H32FN3O3. The van der Waals surface area contributed by atoms with Crippen molar-refractivity contribution in [2.24, 2.45) is 0 Å². The van der Waals surface area contributed by atoms with Crippen molar-refractivity contribution >= 4 is 22.7 Å². The van der Waals surface area contributed by atoms with Crippen LogP contribution in [0.3, 0.4) is 0 Å². The summed E-state index contributed by atoms with van der Waals surface area (Å²) in [5, 5.41) is 1.13. The van der Waals surface area contributed by atoms with E-state index in [1.165, 1.54) is 17.0 Å². The molecule has 0 fully saturated rings. The molecule has 1 aromatic heterocycles. The second kappa shape index (κ2) is 12.8. The average Bonchev–Trinajstić information content (AvgIpc) is 3.34. The van der Waals surface area contributed by atoms with Crippen molar-refractivity contribution in [3.8, 4) is 0 Å². The van der Waals surface area contributed by atoms with E-state index >= 15 is 0 Å². The van der Waals surface area contributed by atoms with Crippen molar-refractivity contribution in [3.63, 3.8) is 0 Å². The molecule has 0 bridgehead atoms. The molecule has 1 heterocycles. The zero-order valence-corrected chi connectivity index (χ0v) is 21.0. The number of amides is 2. The largest absolute Gasteiger partial charge is 0.385 e. The minimum atomic E-state index is -0.600. The van der Waals surface area contributed by atoms with Crippen LogP contribution in [0.15, 0.2) is 85.1 Å². The Morgan fingerprint density at radius 1 is 0.892 bits per heavy atom. The van der Waals surface area contributed by atoms with E-state index < -0.39 is 11.7 Å². The minimum absolute atomic E-state index is 0.0406. The molecule has 192 valence electrons. The van der Waals surface area contributed by atoms with Gasteiger partial charge in [0.1, 0.15) is 12.4 Å². The van der Waals surface area contributed by atoms with Gasteiger partial charge in [-0.25, -0.2) is 4.39 Å². The van der Waals surface area contributed by atoms with E-state index in [4.69, 9.17) is 4.74 Å². The third-order valence-corrected chi connectivity index (χ3v) is 6.39. The van der Waals surface area contributed by atoms with Gasteiger partial charge in [-0.2, -0.15) is 0 Å². The molecule has 4 aromatic rings. The fourth-order valence-electron chi connectivity index (χ4n) is 4.41. The molecule has 7 heteroatoms. The minimum Gasteiger partial charge on any atom is -0.385 e. The number of aromatic amines is 1. The first-order valence-electron chi connectivity index (χ1n) is 12.5. The summed E-state index contributed by atoms with van der Waals surface area (Å²) in [6.45, 7) is 1.48. The summed E-state index contributed by atoms with van der Waals surface area (Å²) in [4.78, 5) is 33.4. The Labute approximate surface area is 216 Å². The fraction of sp³-hybridized carbons (Fsp3) is 0.267. The number of fused-ring (bicyclic) bond motifs is 1. The van der Waals surface area contributed by atoms with E-state index in [0.29, 0.717) is 32.5 Å². The molecule has 0 saturated heterocycles. The number of nitrogens with zero attached hydrogens (tertiary/aromatic N) is 2. The first kappa shape index (κ1) is 26.1. The van der Waals surface area contributed by atoms with E-state index in [1.807, 2.05) is 54.7 Å². The van der Waals surface area contributed by atoms with Gasteiger partial charge in [0.25, 0.3) is 5.91 Å². The van der Waals surface area contributed by atoms with Gasteiger partial charge in [0.05, 0.1) is 5.56 Å². The van der Waals surface area contributed by atoms with Gasteiger partial charge in [0.2, 0.25) is 5.91 Å². The highest BCUT2D eigenvalue weighted by Crippen LogP contribution is 2.19. The summed E-state index contributed by atoms with van der Waals surface area (Å²) in [6, 6.07) is 23.7. The van der Waals surface area contributed by atoms with Gasteiger partial charge < -0.3 is 19.5 Å². The summed E-state index contributed by atoms with van der Waals surface area (Å²) in [7, 11) is 1.58. The van der Waals surface area contributed by atoms with E-state index in [0.717, 1.165) is 22.0 Å². The van der Waals surface area contributed by atoms with E-state index in [1.54, 1.807) is 24.1 Å². The number of carbonyl (C=O) groups is 2. The maximum atomic E-state index is 14.4. The van der Waals surface area contributed by atoms with Gasteiger partial charge in [0, 0.05) is 50.5 Å². The SMILES string of the molecule is COCCCN(CC(=O)N(CCc1c[nH]c2ccccc12)Cc1ccccc1)C(=O)c1ccccc1F. The Balaban J connectivity index is 1.53. The third-order valence-electron chi connectivity index (χ3n) is 6.39. The van der Waals surface area contributed by atoms with Crippen LogP contribution in [0.1, 0.15) is 27.9 Å². The lowest BCUT2D eigenvalue weighted by Gasteiger charge is -2.28. The van der Waals surface area contributed by atoms with Crippen LogP contribution in [0.25, 0.3) is 10.9 Å². The number of ether oxygens (including phenoxy) is 1. The Kier molecular flexibility index (Phi) is 9.05. The standard InChI is InChI=1S/C30H32FN3O3/c1-37-19-9-17-34(30(36)26-13-5-7-14-27(26)31)22-29(35)33(21-23-10-3-2-4-11-23)18-16-24-20-32-28-15-8-6-12-25(24)28/h2-8,10-15,20,32H,9,16-19,21-22H2,1H3. The number of carbonyl (C=O) groups excluding carboxylic acids is 2. The molecule has 0 saturated carbocycles. The average molecular weight is 502 g/mol. The number of methoxy groups -OCH3 is 1. The van der Waals surface area contributed by atoms with Crippen molar-refractivity contribution in [2.45, 2.75) is 19.4 Å². The number of aromatic nitrogens is 1. The van der Waals surface area contributed by atoms with Crippen LogP contribution in [-0.2, 0) is 22.5 Å². The Bertz CT molecular complexity index is 1320. The third kappa shape index (κ3) is 6.83. The molecule has 0 spiro atoms. The summed E-state index contributed by atoms with van der Waals surface area (Å²) >= 11 is 0. The van der Waals surface area contributed by atoms with Crippen LogP contribution in [0, 0.1) is 5.82 Å². The highest BCUT2D eigenvalue weighted by atomic mass is 19.1. The number of H-pyrrole nitrogens is 1. The van der Waals surface area contributed by atoms with E-state index in [-0.39, 0.29) is 24.6 Å². The Morgan fingerprint density at radius 2 is 1.62 bits per heavy atom. The van der Waals surface area contributed by atoms with E-state index in [2.05, 4.69) is 11.1 Å². The molecule has 0 aliphatic rings. The number of benzene rings is 3. The van der Waals surface area contributed by atoms with Crippen molar-refractivity contribution in [1.82, 2.24) is 14.8 Å². The second-order valence-electron chi connectivity index (χ2n) is 8.96. The van der Waals surface area contributed by atoms with Gasteiger partial charge in [-0.3, -0.25) is 9.59 Å². The first-order chi connectivity index (χ1) is 18.1. The Hall–Kier alpha value is -3.97. The van der Waals surface area contributed by atoms with Crippen LogP contribution < -0.4 is 0 Å². The molecular weight excluding hydrogens is 469 g/mol. The summed E-state index contributed by atoms with van der Waals surface area (Å²) in [5.41, 5.74) is 3.14. The lowest BCUT2D eigenvalue weighted by atomic mass is 10.1. The molecule has 3 aromatic carbocycles. The monoisotopic (exact) mass is 501 g/mol. The normalized spacial score (nSPS) is 11.0. The lowest BCUT2D eigenvalue weighted by Crippen LogP contribution is -2.44. The molecule has 0 aliphatic heterocycles. The molecule has 0 radical (unpaired) electrons. The van der Waals surface area contributed by atoms with Gasteiger partial charge in [-0.1, -0.05) is 60.7 Å². The molecule has 4 rings (SSSR count). The fourth-order valence-corrected chi connectivity index (χ4v) is 4.41. The van der Waals surface area contributed by atoms with Gasteiger partial charge in [-0.15, -0.1) is 0 Å². The number of hydrogen-bond donors (Lipinski definition) is 1. The van der Waals surface area contributed by atoms with Crippen molar-refractivity contribution in [2.75, 3.05) is 33.4 Å². The van der Waals surface area contributed by atoms with Crippen molar-refractivity contribution in [3.05, 3.63) is 108 Å². The van der Waals surface area contributed by atoms with Crippen molar-refractivity contribution in [1.29, 1.82) is 0 Å². The number of hydrogen-bond acceptors (Lipinski definition) is 3. The van der Waals surface area contributed by atoms with Crippen LogP contribution in [0.5, 0.6) is 0 Å². The molecule has 1 N–H and O–H groups in total. The van der Waals surface area contributed by atoms with Crippen LogP contribution in [0.2, 0.25) is 0 Å². The maximum Gasteiger partial charge on any atom is 0.257 e. The Morgan fingerprint density at radius 3 is 2.41 bits per heavy atom. The van der Waals surface area contributed by atoms with Crippen LogP contribution in [-0.4, -0.2) is 59.9 Å². The lowest BCUT2D eigenvalue weighted by molar-refractivity contribution is -0.132. The zero-order chi connectivity index (χ0) is 26.0. The van der Waals surface area contributed by atoms with Gasteiger partial charge >= 0.3 is 0 Å². The molecule has 0 aliphatic carbocycles. The number of rotatable bonds is 12. The zero-order valence-electron chi connectivity index (χ0n) is 21.0. The van der Waals surface area contributed by atoms with Gasteiger partial charge in [0.15, 0.2) is 0 Å². The quantitative estimate of drug-likeness (QED) is 0.276. The number of nitrogens with one attached hydrogen (secondary N) is 1. The van der Waals surface area contributed by atoms with Crippen LogP contribution >= 0.6 is 0 Å². The van der Waals surface area contributed by atoms with Crippen LogP contribution in [0.4, 0.5) is 4.39 Å². The predicted molar refractivity (Wildman–Crippen MR) is 143 cm³/mol. The number of halogens is 1. The first-order valence-corrected chi connectivity index (χ1v) is 12.5. The highest BCUT2D eigenvalue weighted by Gasteiger charge is 2.24.